The number of nitrogens with zero attached hydrogens (tertiary/aromatic N) is 2. The molecule has 0 fully saturated rings. The third-order valence-electron chi connectivity index (χ3n) is 3.26. The van der Waals surface area contributed by atoms with E-state index in [0.717, 1.165) is 10.6 Å². The number of nitrogens with one attached hydrogen (secondary N) is 1. The molecule has 9 heteroatoms. The topological polar surface area (TPSA) is 96.7 Å². The highest BCUT2D eigenvalue weighted by Gasteiger charge is 2.28. The fourth-order valence-electron chi connectivity index (χ4n) is 2.16. The summed E-state index contributed by atoms with van der Waals surface area (Å²) in [6.45, 7) is 0. The Balaban J connectivity index is 2.06. The van der Waals surface area contributed by atoms with Crippen molar-refractivity contribution < 1.29 is 4.21 Å². The summed E-state index contributed by atoms with van der Waals surface area (Å²) in [7, 11) is 0.0646. The fraction of sp³-hybridized carbons (Fsp3) is 0.0714. The number of fused-ring (bicyclic) bond motifs is 1. The van der Waals surface area contributed by atoms with Gasteiger partial charge in [0.1, 0.15) is 26.7 Å². The van der Waals surface area contributed by atoms with E-state index in [2.05, 4.69) is 10.3 Å². The quantitative estimate of drug-likeness (QED) is 0.705. The van der Waals surface area contributed by atoms with E-state index in [9.17, 15) is 4.21 Å². The Bertz CT molecular complexity index is 845. The van der Waals surface area contributed by atoms with E-state index >= 15 is 0 Å². The normalized spacial score (nSPS) is 19.3. The van der Waals surface area contributed by atoms with Gasteiger partial charge in [-0.1, -0.05) is 17.7 Å². The molecule has 0 aliphatic carbocycles. The van der Waals surface area contributed by atoms with Crippen LogP contribution in [0.5, 0.6) is 0 Å². The summed E-state index contributed by atoms with van der Waals surface area (Å²) in [5, 5.41) is 7.73. The highest BCUT2D eigenvalue weighted by Crippen LogP contribution is 2.32. The Morgan fingerprint density at radius 3 is 2.91 bits per heavy atom. The van der Waals surface area contributed by atoms with Crippen LogP contribution in [0.3, 0.4) is 0 Å². The highest BCUT2D eigenvalue weighted by atomic mass is 35.5. The van der Waals surface area contributed by atoms with Crippen molar-refractivity contribution in [3.63, 3.8) is 0 Å². The molecular weight excluding hydrogens is 354 g/mol. The van der Waals surface area contributed by atoms with Gasteiger partial charge in [0.2, 0.25) is 0 Å². The van der Waals surface area contributed by atoms with Gasteiger partial charge in [-0.2, -0.15) is 0 Å². The summed E-state index contributed by atoms with van der Waals surface area (Å²) in [6, 6.07) is 8.65. The van der Waals surface area contributed by atoms with Gasteiger partial charge in [0.25, 0.3) is 0 Å². The van der Waals surface area contributed by atoms with Gasteiger partial charge < -0.3 is 11.1 Å². The molecule has 1 aliphatic heterocycles. The van der Waals surface area contributed by atoms with Crippen LogP contribution in [0.4, 0.5) is 5.00 Å². The van der Waals surface area contributed by atoms with Crippen molar-refractivity contribution in [3.8, 4) is 0 Å². The minimum absolute atomic E-state index is 0.106. The predicted octanol–water partition coefficient (Wildman–Crippen LogP) is 1.95. The second-order valence-electron chi connectivity index (χ2n) is 4.65. The van der Waals surface area contributed by atoms with Gasteiger partial charge in [0.15, 0.2) is 5.82 Å². The smallest absolute Gasteiger partial charge is 0.160 e. The van der Waals surface area contributed by atoms with Gasteiger partial charge in [0.05, 0.1) is 5.56 Å². The maximum atomic E-state index is 12.7. The molecule has 0 saturated heterocycles. The van der Waals surface area contributed by atoms with E-state index in [1.165, 1.54) is 16.3 Å². The minimum atomic E-state index is -1.60. The first-order chi connectivity index (χ1) is 11.0. The molecule has 0 radical (unpaired) electrons. The molecule has 2 aromatic rings. The largest absolute Gasteiger partial charge is 0.388 e. The summed E-state index contributed by atoms with van der Waals surface area (Å²) in [5.41, 5.74) is 6.99. The van der Waals surface area contributed by atoms with Crippen LogP contribution in [0.1, 0.15) is 5.56 Å². The van der Waals surface area contributed by atoms with Crippen molar-refractivity contribution in [2.24, 2.45) is 16.6 Å². The van der Waals surface area contributed by atoms with E-state index in [1.807, 2.05) is 11.4 Å². The number of thiophene rings is 1. The average Bonchev–Trinajstić information content (AvgIpc) is 3.04. The lowest BCUT2D eigenvalue weighted by Crippen LogP contribution is -2.46. The molecule has 6 nitrogen and oxygen atoms in total. The zero-order valence-corrected chi connectivity index (χ0v) is 14.5. The zero-order chi connectivity index (χ0) is 16.6. The lowest BCUT2D eigenvalue weighted by molar-refractivity contribution is 0.685. The van der Waals surface area contributed by atoms with Crippen molar-refractivity contribution in [1.82, 2.24) is 5.32 Å². The molecule has 23 heavy (non-hydrogen) atoms. The number of anilines is 1. The van der Waals surface area contributed by atoms with E-state index in [-0.39, 0.29) is 5.03 Å². The van der Waals surface area contributed by atoms with Crippen LogP contribution in [-0.2, 0) is 10.8 Å². The SMILES string of the molecule is CN=C1N/C(=C(/N)S(=O)c2cccc(Cl)c2)N(N)c2sccc21. The fourth-order valence-corrected chi connectivity index (χ4v) is 4.26. The van der Waals surface area contributed by atoms with Crippen LogP contribution in [0, 0.1) is 0 Å². The van der Waals surface area contributed by atoms with Gasteiger partial charge in [0, 0.05) is 17.0 Å². The number of hydrogen-bond donors (Lipinski definition) is 3. The summed E-state index contributed by atoms with van der Waals surface area (Å²) in [5.74, 6) is 7.10. The molecule has 1 atom stereocenters. The first kappa shape index (κ1) is 16.0. The Morgan fingerprint density at radius 2 is 2.22 bits per heavy atom. The van der Waals surface area contributed by atoms with E-state index < -0.39 is 10.8 Å². The molecule has 1 unspecified atom stereocenters. The molecule has 3 rings (SSSR count). The highest BCUT2D eigenvalue weighted by molar-refractivity contribution is 7.89. The van der Waals surface area contributed by atoms with Crippen LogP contribution in [0.2, 0.25) is 5.02 Å². The molecule has 1 aromatic carbocycles. The van der Waals surface area contributed by atoms with E-state index in [1.54, 1.807) is 31.3 Å². The van der Waals surface area contributed by atoms with Gasteiger partial charge in [-0.25, -0.2) is 10.1 Å². The summed E-state index contributed by atoms with van der Waals surface area (Å²) in [6.07, 6.45) is 0. The molecule has 5 N–H and O–H groups in total. The number of benzene rings is 1. The predicted molar refractivity (Wildman–Crippen MR) is 95.7 cm³/mol. The van der Waals surface area contributed by atoms with E-state index in [0.29, 0.717) is 21.6 Å². The van der Waals surface area contributed by atoms with Crippen molar-refractivity contribution in [2.75, 3.05) is 12.1 Å². The number of hydrogen-bond acceptors (Lipinski definition) is 6. The summed E-state index contributed by atoms with van der Waals surface area (Å²) >= 11 is 7.40. The van der Waals surface area contributed by atoms with Gasteiger partial charge in [-0.05, 0) is 29.6 Å². The second kappa shape index (κ2) is 6.32. The molecule has 120 valence electrons. The minimum Gasteiger partial charge on any atom is -0.388 e. The second-order valence-corrected chi connectivity index (χ2v) is 7.43. The molecule has 0 saturated carbocycles. The molecule has 1 aromatic heterocycles. The van der Waals surface area contributed by atoms with Gasteiger partial charge in [-0.3, -0.25) is 10.0 Å². The molecule has 0 bridgehead atoms. The van der Waals surface area contributed by atoms with Crippen molar-refractivity contribution >= 4 is 44.6 Å². The Morgan fingerprint density at radius 1 is 1.43 bits per heavy atom. The average molecular weight is 368 g/mol. The molecule has 2 heterocycles. The van der Waals surface area contributed by atoms with Crippen molar-refractivity contribution in [2.45, 2.75) is 4.90 Å². The van der Waals surface area contributed by atoms with Crippen molar-refractivity contribution in [1.29, 1.82) is 0 Å². The van der Waals surface area contributed by atoms with Crippen LogP contribution < -0.4 is 21.9 Å². The first-order valence-electron chi connectivity index (χ1n) is 6.56. The monoisotopic (exact) mass is 367 g/mol. The van der Waals surface area contributed by atoms with E-state index in [4.69, 9.17) is 23.2 Å². The van der Waals surface area contributed by atoms with Crippen LogP contribution in [0.15, 0.2) is 56.4 Å². The maximum Gasteiger partial charge on any atom is 0.160 e. The van der Waals surface area contributed by atoms with Crippen molar-refractivity contribution in [3.05, 3.63) is 57.1 Å². The molecule has 0 spiro atoms. The first-order valence-corrected chi connectivity index (χ1v) is 8.97. The number of nitrogens with two attached hydrogens (primary N) is 2. The Kier molecular flexibility index (Phi) is 4.40. The number of hydrazine groups is 1. The van der Waals surface area contributed by atoms with Gasteiger partial charge >= 0.3 is 0 Å². The summed E-state index contributed by atoms with van der Waals surface area (Å²) in [4.78, 5) is 4.70. The third-order valence-corrected chi connectivity index (χ3v) is 5.69. The third kappa shape index (κ3) is 2.86. The molecule has 0 amide bonds. The van der Waals surface area contributed by atoms with Crippen LogP contribution in [0.25, 0.3) is 0 Å². The van der Waals surface area contributed by atoms with Crippen LogP contribution in [-0.4, -0.2) is 17.1 Å². The van der Waals surface area contributed by atoms with Gasteiger partial charge in [-0.15, -0.1) is 11.3 Å². The lowest BCUT2D eigenvalue weighted by atomic mass is 10.2. The summed E-state index contributed by atoms with van der Waals surface area (Å²) < 4.78 is 12.7. The number of aliphatic imine (C=N–C) groups is 1. The lowest BCUT2D eigenvalue weighted by Gasteiger charge is -2.29. The maximum absolute atomic E-state index is 12.7. The molecule has 1 aliphatic rings. The number of rotatable bonds is 2. The standard InChI is InChI=1S/C14H14ClN5OS2/c1-18-12-10-5-6-22-14(10)20(17)13(19-12)11(16)23(21)9-4-2-3-8(15)7-9/h2-7H,16-17H2,1H3,(H,18,19)/b13-11+. The number of halogens is 1. The Hall–Kier alpha value is -1.87. The number of amidine groups is 1. The zero-order valence-electron chi connectivity index (χ0n) is 12.1. The molecular formula is C14H14ClN5OS2. The Labute approximate surface area is 144 Å². The van der Waals surface area contributed by atoms with Crippen LogP contribution >= 0.6 is 22.9 Å².